The average molecular weight is 363 g/mol. The summed E-state index contributed by atoms with van der Waals surface area (Å²) < 4.78 is 7.40. The molecule has 1 aliphatic heterocycles. The summed E-state index contributed by atoms with van der Waals surface area (Å²) in [5, 5.41) is 8.67. The van der Waals surface area contributed by atoms with Crippen LogP contribution in [0, 0.1) is 0 Å². The molecule has 0 aromatic carbocycles. The van der Waals surface area contributed by atoms with Crippen molar-refractivity contribution < 1.29 is 9.53 Å². The summed E-state index contributed by atoms with van der Waals surface area (Å²) >= 11 is 0. The van der Waals surface area contributed by atoms with E-state index in [1.54, 1.807) is 0 Å². The van der Waals surface area contributed by atoms with Crippen LogP contribution in [0.4, 0.5) is 5.82 Å². The molecule has 0 bridgehead atoms. The Balaban J connectivity index is 1.63. The summed E-state index contributed by atoms with van der Waals surface area (Å²) in [6, 6.07) is 7.93. The van der Waals surface area contributed by atoms with Gasteiger partial charge in [0.1, 0.15) is 5.82 Å². The predicted octanol–water partition coefficient (Wildman–Crippen LogP) is 3.16. The molecule has 7 heteroatoms. The van der Waals surface area contributed by atoms with Crippen LogP contribution in [0.5, 0.6) is 0 Å². The first-order chi connectivity index (χ1) is 13.2. The fraction of sp³-hybridized carbons (Fsp3) is 0.400. The average Bonchev–Trinajstić information content (AvgIpc) is 3.22. The van der Waals surface area contributed by atoms with Gasteiger partial charge < -0.3 is 10.1 Å². The van der Waals surface area contributed by atoms with Crippen molar-refractivity contribution >= 4 is 22.6 Å². The third-order valence-corrected chi connectivity index (χ3v) is 5.18. The van der Waals surface area contributed by atoms with Crippen LogP contribution in [0.1, 0.15) is 49.4 Å². The molecule has 0 radical (unpaired) electrons. The van der Waals surface area contributed by atoms with Crippen LogP contribution in [0.3, 0.4) is 0 Å². The monoisotopic (exact) mass is 363 g/mol. The van der Waals surface area contributed by atoms with Gasteiger partial charge in [-0.15, -0.1) is 0 Å². The lowest BCUT2D eigenvalue weighted by Gasteiger charge is -2.10. The number of fused-ring (bicyclic) bond motifs is 1. The minimum Gasteiger partial charge on any atom is -0.381 e. The molecule has 1 saturated heterocycles. The molecule has 3 aromatic heterocycles. The molecule has 7 nitrogen and oxygen atoms in total. The van der Waals surface area contributed by atoms with Crippen molar-refractivity contribution in [1.29, 1.82) is 0 Å². The molecule has 1 saturated carbocycles. The largest absolute Gasteiger partial charge is 0.381 e. The topological polar surface area (TPSA) is 81.9 Å². The highest BCUT2D eigenvalue weighted by Gasteiger charge is 2.30. The number of amides is 1. The van der Waals surface area contributed by atoms with Gasteiger partial charge in [0.25, 0.3) is 0 Å². The van der Waals surface area contributed by atoms with Gasteiger partial charge in [-0.2, -0.15) is 5.10 Å². The van der Waals surface area contributed by atoms with Crippen molar-refractivity contribution in [3.8, 4) is 5.82 Å². The van der Waals surface area contributed by atoms with Crippen LogP contribution in [-0.2, 0) is 9.53 Å². The zero-order chi connectivity index (χ0) is 18.4. The van der Waals surface area contributed by atoms with E-state index in [1.165, 1.54) is 6.92 Å². The molecular formula is C20H21N5O2. The summed E-state index contributed by atoms with van der Waals surface area (Å²) in [5.74, 6) is 2.01. The predicted molar refractivity (Wildman–Crippen MR) is 101 cm³/mol. The zero-order valence-corrected chi connectivity index (χ0v) is 15.2. The first kappa shape index (κ1) is 16.4. The number of carbonyl (C=O) groups is 1. The van der Waals surface area contributed by atoms with Gasteiger partial charge in [0, 0.05) is 48.7 Å². The molecule has 2 fully saturated rings. The summed E-state index contributed by atoms with van der Waals surface area (Å²) in [4.78, 5) is 20.7. The number of hydrogen-bond donors (Lipinski definition) is 1. The molecule has 5 rings (SSSR count). The molecular weight excluding hydrogens is 342 g/mol. The summed E-state index contributed by atoms with van der Waals surface area (Å²) in [6.07, 6.45) is 5.13. The van der Waals surface area contributed by atoms with Crippen LogP contribution < -0.4 is 5.32 Å². The Kier molecular flexibility index (Phi) is 3.89. The van der Waals surface area contributed by atoms with E-state index in [-0.39, 0.29) is 5.91 Å². The molecule has 0 spiro atoms. The van der Waals surface area contributed by atoms with E-state index in [1.807, 2.05) is 29.1 Å². The van der Waals surface area contributed by atoms with Gasteiger partial charge in [0.2, 0.25) is 5.91 Å². The number of nitrogens with zero attached hydrogens (tertiary/aromatic N) is 4. The van der Waals surface area contributed by atoms with Crippen molar-refractivity contribution in [2.75, 3.05) is 18.5 Å². The lowest BCUT2D eigenvalue weighted by Crippen LogP contribution is -2.08. The van der Waals surface area contributed by atoms with Gasteiger partial charge >= 0.3 is 0 Å². The second-order valence-corrected chi connectivity index (χ2v) is 7.32. The molecule has 1 N–H and O–H groups in total. The highest BCUT2D eigenvalue weighted by atomic mass is 16.5. The SMILES string of the molecule is CC(=O)Nc1cc2c(cn1)c(C1CC1)nn2-c1cccc([C@@H]2CCOC2)n1. The number of pyridine rings is 2. The number of nitrogens with one attached hydrogen (secondary N) is 1. The third-order valence-electron chi connectivity index (χ3n) is 5.18. The number of ether oxygens (including phenoxy) is 1. The van der Waals surface area contributed by atoms with Crippen molar-refractivity contribution in [1.82, 2.24) is 19.7 Å². The number of carbonyl (C=O) groups excluding carboxylic acids is 1. The van der Waals surface area contributed by atoms with Gasteiger partial charge in [-0.05, 0) is 31.4 Å². The van der Waals surface area contributed by atoms with Gasteiger partial charge in [-0.1, -0.05) is 6.07 Å². The smallest absolute Gasteiger partial charge is 0.222 e. The molecule has 1 atom stereocenters. The van der Waals surface area contributed by atoms with Gasteiger partial charge in [-0.3, -0.25) is 4.79 Å². The quantitative estimate of drug-likeness (QED) is 0.770. The van der Waals surface area contributed by atoms with E-state index in [9.17, 15) is 4.79 Å². The Morgan fingerprint density at radius 1 is 1.26 bits per heavy atom. The molecule has 138 valence electrons. The van der Waals surface area contributed by atoms with Crippen molar-refractivity contribution in [3.05, 3.63) is 41.9 Å². The van der Waals surface area contributed by atoms with Crippen LogP contribution in [0.15, 0.2) is 30.5 Å². The summed E-state index contributed by atoms with van der Waals surface area (Å²) in [7, 11) is 0. The molecule has 4 heterocycles. The first-order valence-electron chi connectivity index (χ1n) is 9.40. The number of hydrogen-bond acceptors (Lipinski definition) is 5. The van der Waals surface area contributed by atoms with Crippen molar-refractivity contribution in [2.45, 2.75) is 38.0 Å². The number of anilines is 1. The van der Waals surface area contributed by atoms with Gasteiger partial charge in [0.05, 0.1) is 17.8 Å². The first-order valence-corrected chi connectivity index (χ1v) is 9.40. The Labute approximate surface area is 156 Å². The van der Waals surface area contributed by atoms with Crippen LogP contribution in [0.2, 0.25) is 0 Å². The maximum absolute atomic E-state index is 11.4. The second-order valence-electron chi connectivity index (χ2n) is 7.32. The molecule has 2 aliphatic rings. The minimum absolute atomic E-state index is 0.142. The van der Waals surface area contributed by atoms with E-state index < -0.39 is 0 Å². The zero-order valence-electron chi connectivity index (χ0n) is 15.2. The molecule has 1 aliphatic carbocycles. The van der Waals surface area contributed by atoms with Crippen LogP contribution in [-0.4, -0.2) is 38.9 Å². The van der Waals surface area contributed by atoms with Gasteiger partial charge in [0.15, 0.2) is 5.82 Å². The molecule has 1 amide bonds. The van der Waals surface area contributed by atoms with E-state index in [0.717, 1.165) is 60.6 Å². The van der Waals surface area contributed by atoms with E-state index in [4.69, 9.17) is 14.8 Å². The number of rotatable bonds is 4. The van der Waals surface area contributed by atoms with Crippen molar-refractivity contribution in [2.24, 2.45) is 0 Å². The van der Waals surface area contributed by atoms with Crippen LogP contribution >= 0.6 is 0 Å². The highest BCUT2D eigenvalue weighted by Crippen LogP contribution is 2.43. The molecule has 0 unspecified atom stereocenters. The lowest BCUT2D eigenvalue weighted by atomic mass is 10.0. The minimum atomic E-state index is -0.142. The van der Waals surface area contributed by atoms with E-state index >= 15 is 0 Å². The maximum atomic E-state index is 11.4. The fourth-order valence-corrected chi connectivity index (χ4v) is 3.67. The molecule has 3 aromatic rings. The lowest BCUT2D eigenvalue weighted by molar-refractivity contribution is -0.114. The van der Waals surface area contributed by atoms with E-state index in [2.05, 4.69) is 16.4 Å². The van der Waals surface area contributed by atoms with Crippen molar-refractivity contribution in [3.63, 3.8) is 0 Å². The van der Waals surface area contributed by atoms with E-state index in [0.29, 0.717) is 17.7 Å². The Hall–Kier alpha value is -2.80. The number of aromatic nitrogens is 4. The maximum Gasteiger partial charge on any atom is 0.222 e. The third kappa shape index (κ3) is 3.08. The normalized spacial score (nSPS) is 19.5. The summed E-state index contributed by atoms with van der Waals surface area (Å²) in [5.41, 5.74) is 3.03. The Bertz CT molecular complexity index is 1020. The molecule has 27 heavy (non-hydrogen) atoms. The summed E-state index contributed by atoms with van der Waals surface area (Å²) in [6.45, 7) is 2.99. The Morgan fingerprint density at radius 2 is 2.15 bits per heavy atom. The van der Waals surface area contributed by atoms with Gasteiger partial charge in [-0.25, -0.2) is 14.6 Å². The second kappa shape index (κ2) is 6.42. The highest BCUT2D eigenvalue weighted by molar-refractivity contribution is 5.91. The standard InChI is InChI=1S/C20H21N5O2/c1-12(26)22-18-9-17-15(10-21-18)20(13-5-6-13)24-25(17)19-4-2-3-16(23-19)14-7-8-27-11-14/h2-4,9-10,13-14H,5-8,11H2,1H3,(H,21,22,26)/t14-/m1/s1. The Morgan fingerprint density at radius 3 is 2.89 bits per heavy atom. The van der Waals surface area contributed by atoms with Crippen LogP contribution in [0.25, 0.3) is 16.7 Å². The fourth-order valence-electron chi connectivity index (χ4n) is 3.67.